The van der Waals surface area contributed by atoms with Crippen molar-refractivity contribution >= 4 is 45.4 Å². The van der Waals surface area contributed by atoms with E-state index in [4.69, 9.17) is 4.98 Å². The second-order valence-electron chi connectivity index (χ2n) is 7.68. The van der Waals surface area contributed by atoms with Crippen LogP contribution in [0.5, 0.6) is 0 Å². The number of aromatic nitrogens is 2. The van der Waals surface area contributed by atoms with Crippen LogP contribution in [0.1, 0.15) is 33.3 Å². The van der Waals surface area contributed by atoms with Gasteiger partial charge in [0.25, 0.3) is 0 Å². The van der Waals surface area contributed by atoms with Gasteiger partial charge in [-0.2, -0.15) is 0 Å². The Kier molecular flexibility index (Phi) is 6.28. The molecule has 0 saturated carbocycles. The summed E-state index contributed by atoms with van der Waals surface area (Å²) in [6, 6.07) is 12.2. The molecule has 4 aromatic rings. The van der Waals surface area contributed by atoms with Gasteiger partial charge in [-0.1, -0.05) is 31.2 Å². The summed E-state index contributed by atoms with van der Waals surface area (Å²) in [5, 5.41) is 4.15. The molecule has 0 unspecified atom stereocenters. The average Bonchev–Trinajstić information content (AvgIpc) is 3.42. The first kappa shape index (κ1) is 22.0. The van der Waals surface area contributed by atoms with Crippen LogP contribution < -0.4 is 4.90 Å². The molecule has 0 atom stereocenters. The monoisotopic (exact) mass is 448 g/mol. The van der Waals surface area contributed by atoms with Crippen molar-refractivity contribution in [1.82, 2.24) is 14.3 Å². The number of hydrogen-bond donors (Lipinski definition) is 0. The van der Waals surface area contributed by atoms with E-state index in [0.717, 1.165) is 33.4 Å². The average molecular weight is 449 g/mol. The van der Waals surface area contributed by atoms with Crippen molar-refractivity contribution in [3.63, 3.8) is 0 Å². The molecule has 2 amide bonds. The Morgan fingerprint density at radius 3 is 2.50 bits per heavy atom. The first-order chi connectivity index (χ1) is 15.5. The number of imidazole rings is 1. The van der Waals surface area contributed by atoms with Gasteiger partial charge in [0.05, 0.1) is 4.88 Å². The van der Waals surface area contributed by atoms with Gasteiger partial charge in [-0.05, 0) is 48.7 Å². The summed E-state index contributed by atoms with van der Waals surface area (Å²) in [5.41, 5.74) is 2.71. The molecule has 0 aliphatic rings. The third kappa shape index (κ3) is 3.77. The molecule has 0 bridgehead atoms. The first-order valence-corrected chi connectivity index (χ1v) is 11.9. The molecule has 4 rings (SSSR count). The number of pyridine rings is 1. The molecule has 0 fully saturated rings. The van der Waals surface area contributed by atoms with E-state index >= 15 is 0 Å². The summed E-state index contributed by atoms with van der Waals surface area (Å²) in [6.45, 7) is 8.72. The molecule has 0 N–H and O–H groups in total. The van der Waals surface area contributed by atoms with E-state index < -0.39 is 0 Å². The minimum absolute atomic E-state index is 0.0164. The van der Waals surface area contributed by atoms with Crippen LogP contribution in [0.15, 0.2) is 48.0 Å². The highest BCUT2D eigenvalue weighted by Crippen LogP contribution is 2.39. The molecule has 166 valence electrons. The van der Waals surface area contributed by atoms with E-state index in [9.17, 15) is 9.59 Å². The summed E-state index contributed by atoms with van der Waals surface area (Å²) in [5.74, 6) is 0.390. The van der Waals surface area contributed by atoms with E-state index in [0.29, 0.717) is 18.9 Å². The lowest BCUT2D eigenvalue weighted by Gasteiger charge is -2.25. The number of amides is 2. The van der Waals surface area contributed by atoms with Crippen LogP contribution in [0.4, 0.5) is 5.82 Å². The zero-order chi connectivity index (χ0) is 22.8. The van der Waals surface area contributed by atoms with E-state index in [-0.39, 0.29) is 18.4 Å². The van der Waals surface area contributed by atoms with Crippen molar-refractivity contribution in [2.75, 3.05) is 24.5 Å². The highest BCUT2D eigenvalue weighted by atomic mass is 32.1. The number of aryl methyl sites for hydroxylation is 1. The number of anilines is 1. The Morgan fingerprint density at radius 2 is 1.81 bits per heavy atom. The van der Waals surface area contributed by atoms with Gasteiger partial charge in [0.15, 0.2) is 0 Å². The lowest BCUT2D eigenvalue weighted by Crippen LogP contribution is -2.42. The lowest BCUT2D eigenvalue weighted by molar-refractivity contribution is -0.130. The van der Waals surface area contributed by atoms with E-state index in [1.165, 1.54) is 12.5 Å². The van der Waals surface area contributed by atoms with Crippen LogP contribution in [-0.2, 0) is 16.0 Å². The molecule has 6 nitrogen and oxygen atoms in total. The molecule has 3 aromatic heterocycles. The van der Waals surface area contributed by atoms with Crippen LogP contribution in [0.25, 0.3) is 27.0 Å². The predicted octanol–water partition coefficient (Wildman–Crippen LogP) is 5.00. The summed E-state index contributed by atoms with van der Waals surface area (Å²) in [4.78, 5) is 35.3. The Labute approximate surface area is 192 Å². The van der Waals surface area contributed by atoms with Crippen LogP contribution in [0, 0.1) is 0 Å². The minimum Gasteiger partial charge on any atom is -0.342 e. The third-order valence-corrected chi connectivity index (χ3v) is 6.84. The Morgan fingerprint density at radius 1 is 1.06 bits per heavy atom. The molecule has 32 heavy (non-hydrogen) atoms. The fourth-order valence-electron chi connectivity index (χ4n) is 4.14. The third-order valence-electron chi connectivity index (χ3n) is 5.88. The van der Waals surface area contributed by atoms with Crippen LogP contribution in [0.3, 0.4) is 0 Å². The number of nitrogens with zero attached hydrogens (tertiary/aromatic N) is 4. The van der Waals surface area contributed by atoms with Crippen molar-refractivity contribution in [2.45, 2.75) is 34.1 Å². The Bertz CT molecular complexity index is 1290. The number of carbonyl (C=O) groups excluding carboxylic acids is 2. The number of rotatable bonds is 7. The quantitative estimate of drug-likeness (QED) is 0.400. The molecular formula is C25H28N4O2S. The van der Waals surface area contributed by atoms with Gasteiger partial charge in [0.2, 0.25) is 11.8 Å². The largest absolute Gasteiger partial charge is 0.342 e. The van der Waals surface area contributed by atoms with E-state index in [1.807, 2.05) is 48.7 Å². The zero-order valence-corrected chi connectivity index (χ0v) is 19.8. The number of benzene rings is 1. The highest BCUT2D eigenvalue weighted by molar-refractivity contribution is 7.13. The van der Waals surface area contributed by atoms with Gasteiger partial charge in [-0.25, -0.2) is 4.98 Å². The highest BCUT2D eigenvalue weighted by Gasteiger charge is 2.28. The van der Waals surface area contributed by atoms with Crippen molar-refractivity contribution in [3.05, 3.63) is 53.5 Å². The molecule has 0 saturated heterocycles. The zero-order valence-electron chi connectivity index (χ0n) is 19.0. The number of fused-ring (bicyclic) bond motifs is 3. The maximum absolute atomic E-state index is 13.0. The number of thiophene rings is 1. The summed E-state index contributed by atoms with van der Waals surface area (Å²) in [6.07, 6.45) is 2.81. The Hall–Kier alpha value is -3.19. The molecule has 0 aliphatic heterocycles. The Balaban J connectivity index is 1.98. The maximum atomic E-state index is 13.0. The fourth-order valence-corrected chi connectivity index (χ4v) is 5.12. The molecule has 7 heteroatoms. The van der Waals surface area contributed by atoms with Crippen LogP contribution in [-0.4, -0.2) is 45.7 Å². The van der Waals surface area contributed by atoms with E-state index in [1.54, 1.807) is 21.1 Å². The predicted molar refractivity (Wildman–Crippen MR) is 131 cm³/mol. The molecule has 3 heterocycles. The molecular weight excluding hydrogens is 420 g/mol. The van der Waals surface area contributed by atoms with Gasteiger partial charge < -0.3 is 4.90 Å². The van der Waals surface area contributed by atoms with Crippen LogP contribution >= 0.6 is 11.3 Å². The minimum atomic E-state index is -0.184. The molecule has 0 spiro atoms. The van der Waals surface area contributed by atoms with E-state index in [2.05, 4.69) is 24.4 Å². The lowest BCUT2D eigenvalue weighted by atomic mass is 10.1. The summed E-state index contributed by atoms with van der Waals surface area (Å²) >= 11 is 1.62. The van der Waals surface area contributed by atoms with Gasteiger partial charge in [-0.15, -0.1) is 11.3 Å². The SMILES string of the molecule is CCc1ccsc1-c1nc2c3ccccc3ccn2c1N(CC(=O)N(CC)CC)C(C)=O. The first-order valence-electron chi connectivity index (χ1n) is 11.0. The van der Waals surface area contributed by atoms with Gasteiger partial charge in [-0.3, -0.25) is 18.9 Å². The van der Waals surface area contributed by atoms with Crippen molar-refractivity contribution in [1.29, 1.82) is 0 Å². The van der Waals surface area contributed by atoms with Crippen molar-refractivity contribution in [2.24, 2.45) is 0 Å². The molecule has 0 aliphatic carbocycles. The summed E-state index contributed by atoms with van der Waals surface area (Å²) < 4.78 is 1.95. The normalized spacial score (nSPS) is 11.2. The standard InChI is InChI=1S/C25H28N4O2S/c1-5-18-13-15-32-23(18)22-25(29(17(4)30)16-21(31)27(6-2)7-3)28-14-12-19-10-8-9-11-20(19)24(28)26-22/h8-15H,5-7,16H2,1-4H3. The summed E-state index contributed by atoms with van der Waals surface area (Å²) in [7, 11) is 0. The smallest absolute Gasteiger partial charge is 0.242 e. The molecule has 0 radical (unpaired) electrons. The van der Waals surface area contributed by atoms with Gasteiger partial charge in [0.1, 0.15) is 23.7 Å². The maximum Gasteiger partial charge on any atom is 0.242 e. The number of likely N-dealkylation sites (N-methyl/N-ethyl adjacent to an activating group) is 1. The van der Waals surface area contributed by atoms with Crippen molar-refractivity contribution in [3.8, 4) is 10.6 Å². The van der Waals surface area contributed by atoms with Gasteiger partial charge >= 0.3 is 0 Å². The second-order valence-corrected chi connectivity index (χ2v) is 8.60. The van der Waals surface area contributed by atoms with Crippen LogP contribution in [0.2, 0.25) is 0 Å². The second kappa shape index (κ2) is 9.12. The number of hydrogen-bond acceptors (Lipinski definition) is 4. The topological polar surface area (TPSA) is 57.9 Å². The van der Waals surface area contributed by atoms with Crippen molar-refractivity contribution < 1.29 is 9.59 Å². The fraction of sp³-hybridized carbons (Fsp3) is 0.320. The number of carbonyl (C=O) groups is 2. The molecule has 1 aromatic carbocycles. The van der Waals surface area contributed by atoms with Gasteiger partial charge in [0, 0.05) is 31.6 Å².